The van der Waals surface area contributed by atoms with E-state index in [9.17, 15) is 4.79 Å². The monoisotopic (exact) mass is 324 g/mol. The summed E-state index contributed by atoms with van der Waals surface area (Å²) >= 11 is 1.20. The van der Waals surface area contributed by atoms with Crippen LogP contribution >= 0.6 is 11.8 Å². The number of hydrogen-bond acceptors (Lipinski definition) is 3. The lowest BCUT2D eigenvalue weighted by atomic mass is 9.88. The van der Waals surface area contributed by atoms with Gasteiger partial charge in [0, 0.05) is 5.92 Å². The standard InChI is InChI=1S/C20H20O2S/c1-14-8-10-16(11-9-14)18-12-17(15-6-4-3-5-7-15)13-19(22-18)20(21)23-2/h3-11,13,17-18H,12H2,1-2H3/t17-,18+/m1/s1. The average Bonchev–Trinajstić information content (AvgIpc) is 2.62. The molecule has 23 heavy (non-hydrogen) atoms. The zero-order valence-electron chi connectivity index (χ0n) is 13.4. The van der Waals surface area contributed by atoms with Crippen molar-refractivity contribution in [3.05, 3.63) is 83.1 Å². The first-order valence-electron chi connectivity index (χ1n) is 7.75. The van der Waals surface area contributed by atoms with E-state index in [2.05, 4.69) is 43.3 Å². The van der Waals surface area contributed by atoms with Crippen molar-refractivity contribution in [2.75, 3.05) is 6.26 Å². The van der Waals surface area contributed by atoms with Crippen molar-refractivity contribution in [1.82, 2.24) is 0 Å². The Hall–Kier alpha value is -2.00. The third-order valence-corrected chi connectivity index (χ3v) is 4.73. The maximum Gasteiger partial charge on any atom is 0.253 e. The number of aryl methyl sites for hydroxylation is 1. The summed E-state index contributed by atoms with van der Waals surface area (Å²) in [5.74, 6) is 0.672. The summed E-state index contributed by atoms with van der Waals surface area (Å²) in [6.07, 6.45) is 4.52. The Morgan fingerprint density at radius 2 is 1.74 bits per heavy atom. The number of ether oxygens (including phenoxy) is 1. The van der Waals surface area contributed by atoms with Gasteiger partial charge in [0.1, 0.15) is 6.10 Å². The van der Waals surface area contributed by atoms with Crippen LogP contribution < -0.4 is 0 Å². The Labute approximate surface area is 141 Å². The van der Waals surface area contributed by atoms with Crippen molar-refractivity contribution >= 4 is 16.9 Å². The predicted molar refractivity (Wildman–Crippen MR) is 95.4 cm³/mol. The van der Waals surface area contributed by atoms with E-state index in [1.807, 2.05) is 24.3 Å². The number of carbonyl (C=O) groups is 1. The molecule has 118 valence electrons. The van der Waals surface area contributed by atoms with Crippen molar-refractivity contribution in [3.63, 3.8) is 0 Å². The molecule has 0 saturated heterocycles. The minimum atomic E-state index is -0.0862. The molecule has 3 rings (SSSR count). The predicted octanol–water partition coefficient (Wildman–Crippen LogP) is 5.01. The van der Waals surface area contributed by atoms with E-state index >= 15 is 0 Å². The van der Waals surface area contributed by atoms with E-state index in [4.69, 9.17) is 4.74 Å². The summed E-state index contributed by atoms with van der Waals surface area (Å²) in [7, 11) is 0. The number of rotatable bonds is 3. The molecule has 0 unspecified atom stereocenters. The largest absolute Gasteiger partial charge is 0.481 e. The topological polar surface area (TPSA) is 26.3 Å². The van der Waals surface area contributed by atoms with Gasteiger partial charge >= 0.3 is 0 Å². The third kappa shape index (κ3) is 3.67. The Bertz CT molecular complexity index is 704. The van der Waals surface area contributed by atoms with Crippen LogP contribution in [0.1, 0.15) is 35.1 Å². The molecule has 2 aromatic rings. The number of carbonyl (C=O) groups excluding carboxylic acids is 1. The Morgan fingerprint density at radius 1 is 1.04 bits per heavy atom. The van der Waals surface area contributed by atoms with Crippen LogP contribution in [0.5, 0.6) is 0 Å². The minimum absolute atomic E-state index is 0.0113. The fourth-order valence-corrected chi connectivity index (χ4v) is 3.17. The second-order valence-electron chi connectivity index (χ2n) is 5.79. The molecule has 0 amide bonds. The molecule has 3 heteroatoms. The summed E-state index contributed by atoms with van der Waals surface area (Å²) in [4.78, 5) is 12.1. The smallest absolute Gasteiger partial charge is 0.253 e. The highest BCUT2D eigenvalue weighted by Gasteiger charge is 2.28. The Kier molecular flexibility index (Phi) is 4.87. The molecule has 0 saturated carbocycles. The molecule has 2 nitrogen and oxygen atoms in total. The van der Waals surface area contributed by atoms with E-state index in [0.717, 1.165) is 12.0 Å². The molecule has 1 aliphatic heterocycles. The average molecular weight is 324 g/mol. The van der Waals surface area contributed by atoms with Crippen LogP contribution in [0.4, 0.5) is 0 Å². The molecule has 0 spiro atoms. The van der Waals surface area contributed by atoms with Crippen molar-refractivity contribution in [2.24, 2.45) is 0 Å². The second-order valence-corrected chi connectivity index (χ2v) is 6.57. The molecule has 0 bridgehead atoms. The van der Waals surface area contributed by atoms with E-state index in [1.54, 1.807) is 6.26 Å². The summed E-state index contributed by atoms with van der Waals surface area (Å²) in [6.45, 7) is 2.07. The van der Waals surface area contributed by atoms with Crippen LogP contribution in [0.25, 0.3) is 0 Å². The normalized spacial score (nSPS) is 20.5. The van der Waals surface area contributed by atoms with Gasteiger partial charge in [-0.15, -0.1) is 0 Å². The molecule has 0 aromatic heterocycles. The van der Waals surface area contributed by atoms with Gasteiger partial charge in [-0.3, -0.25) is 4.79 Å². The molecule has 1 heterocycles. The van der Waals surface area contributed by atoms with Gasteiger partial charge in [-0.1, -0.05) is 71.9 Å². The first-order valence-corrected chi connectivity index (χ1v) is 8.98. The van der Waals surface area contributed by atoms with E-state index < -0.39 is 0 Å². The van der Waals surface area contributed by atoms with E-state index in [-0.39, 0.29) is 17.1 Å². The van der Waals surface area contributed by atoms with Crippen molar-refractivity contribution in [3.8, 4) is 0 Å². The summed E-state index contributed by atoms with van der Waals surface area (Å²) in [5, 5.41) is -0.0113. The molecule has 0 fully saturated rings. The van der Waals surface area contributed by atoms with Crippen LogP contribution in [-0.4, -0.2) is 11.4 Å². The quantitative estimate of drug-likeness (QED) is 0.793. The number of benzene rings is 2. The molecule has 2 atom stereocenters. The number of hydrogen-bond donors (Lipinski definition) is 0. The fraction of sp³-hybridized carbons (Fsp3) is 0.250. The van der Waals surface area contributed by atoms with Crippen molar-refractivity contribution in [1.29, 1.82) is 0 Å². The van der Waals surface area contributed by atoms with Crippen LogP contribution in [0.2, 0.25) is 0 Å². The number of allylic oxidation sites excluding steroid dienone is 1. The molecule has 2 aromatic carbocycles. The highest BCUT2D eigenvalue weighted by molar-refractivity contribution is 8.13. The van der Waals surface area contributed by atoms with E-state index in [0.29, 0.717) is 5.76 Å². The lowest BCUT2D eigenvalue weighted by Crippen LogP contribution is -2.18. The molecular formula is C20H20O2S. The summed E-state index contributed by atoms with van der Waals surface area (Å²) in [5.41, 5.74) is 3.57. The van der Waals surface area contributed by atoms with Gasteiger partial charge in [0.2, 0.25) is 0 Å². The lowest BCUT2D eigenvalue weighted by molar-refractivity contribution is -0.112. The van der Waals surface area contributed by atoms with Crippen molar-refractivity contribution in [2.45, 2.75) is 25.4 Å². The first-order chi connectivity index (χ1) is 11.2. The molecular weight excluding hydrogens is 304 g/mol. The van der Waals surface area contributed by atoms with Gasteiger partial charge in [-0.2, -0.15) is 0 Å². The zero-order valence-corrected chi connectivity index (χ0v) is 14.2. The Morgan fingerprint density at radius 3 is 2.39 bits per heavy atom. The zero-order chi connectivity index (χ0) is 16.2. The SMILES string of the molecule is CSC(=O)C1=C[C@H](c2ccccc2)C[C@@H](c2ccc(C)cc2)O1. The molecule has 1 aliphatic rings. The maximum atomic E-state index is 12.1. The van der Waals surface area contributed by atoms with Gasteiger partial charge < -0.3 is 4.74 Å². The second kappa shape index (κ2) is 7.05. The molecule has 0 radical (unpaired) electrons. The first kappa shape index (κ1) is 15.9. The minimum Gasteiger partial charge on any atom is -0.481 e. The molecule has 0 aliphatic carbocycles. The Balaban J connectivity index is 1.93. The highest BCUT2D eigenvalue weighted by Crippen LogP contribution is 2.39. The van der Waals surface area contributed by atoms with Crippen LogP contribution in [0.3, 0.4) is 0 Å². The van der Waals surface area contributed by atoms with Crippen LogP contribution in [0, 0.1) is 6.92 Å². The molecule has 0 N–H and O–H groups in total. The van der Waals surface area contributed by atoms with E-state index in [1.165, 1.54) is 22.9 Å². The van der Waals surface area contributed by atoms with Gasteiger partial charge in [0.15, 0.2) is 5.76 Å². The van der Waals surface area contributed by atoms with Crippen LogP contribution in [0.15, 0.2) is 66.4 Å². The maximum absolute atomic E-state index is 12.1. The van der Waals surface area contributed by atoms with Gasteiger partial charge in [-0.25, -0.2) is 0 Å². The van der Waals surface area contributed by atoms with Gasteiger partial charge in [0.25, 0.3) is 5.12 Å². The van der Waals surface area contributed by atoms with Gasteiger partial charge in [-0.05, 0) is 36.8 Å². The van der Waals surface area contributed by atoms with Crippen molar-refractivity contribution < 1.29 is 9.53 Å². The lowest BCUT2D eigenvalue weighted by Gasteiger charge is -2.29. The number of thioether (sulfide) groups is 1. The fourth-order valence-electron chi connectivity index (χ4n) is 2.86. The van der Waals surface area contributed by atoms with Crippen LogP contribution in [-0.2, 0) is 9.53 Å². The highest BCUT2D eigenvalue weighted by atomic mass is 32.2. The van der Waals surface area contributed by atoms with Gasteiger partial charge in [0.05, 0.1) is 0 Å². The third-order valence-electron chi connectivity index (χ3n) is 4.15. The summed E-state index contributed by atoms with van der Waals surface area (Å²) < 4.78 is 6.01. The summed E-state index contributed by atoms with van der Waals surface area (Å²) in [6, 6.07) is 18.7.